The number of alkyl carbamates (subject to hydrolysis) is 1. The molecule has 1 aromatic carbocycles. The van der Waals surface area contributed by atoms with Gasteiger partial charge in [0.2, 0.25) is 0 Å². The van der Waals surface area contributed by atoms with Gasteiger partial charge in [0.1, 0.15) is 6.61 Å². The van der Waals surface area contributed by atoms with Gasteiger partial charge in [0, 0.05) is 47.9 Å². The summed E-state index contributed by atoms with van der Waals surface area (Å²) in [6.07, 6.45) is 7.30. The quantitative estimate of drug-likeness (QED) is 0.158. The van der Waals surface area contributed by atoms with Crippen LogP contribution in [0, 0.1) is 5.92 Å². The minimum atomic E-state index is -0.395. The van der Waals surface area contributed by atoms with Crippen molar-refractivity contribution in [1.29, 1.82) is 0 Å². The Morgan fingerprint density at radius 3 is 2.29 bits per heavy atom. The molecule has 8 nitrogen and oxygen atoms in total. The van der Waals surface area contributed by atoms with Crippen molar-refractivity contribution in [3.05, 3.63) is 63.0 Å². The molecule has 3 atom stereocenters. The van der Waals surface area contributed by atoms with Gasteiger partial charge < -0.3 is 25.6 Å². The number of hydrogen-bond donors (Lipinski definition) is 3. The number of urea groups is 1. The zero-order chi connectivity index (χ0) is 33.8. The van der Waals surface area contributed by atoms with Gasteiger partial charge in [-0.2, -0.15) is 0 Å². The second-order valence-corrected chi connectivity index (χ2v) is 14.0. The van der Waals surface area contributed by atoms with Gasteiger partial charge in [-0.3, -0.25) is 0 Å². The van der Waals surface area contributed by atoms with Crippen molar-refractivity contribution in [2.24, 2.45) is 5.92 Å². The number of allylic oxidation sites excluding steroid dienone is 1. The number of thiazole rings is 1. The standard InChI is InChI=1S/C32H51N5O3S2.C3H8/c1-9-28(41-8)20-40-32(39)34-24(6)15-16-26(17-25-13-11-10-12-14-25)33-18-29(22(2)3)36-31(38)37(7)19-27-21-42-30(35-27)23(4)5;1-3-2/h9-14,21-24,26,29,33H,15-20H2,1-8H3,(H,34,39)(H,36,38);3H2,1-2H3/b28-9-;. The Morgan fingerprint density at radius 1 is 1.07 bits per heavy atom. The van der Waals surface area contributed by atoms with Crippen LogP contribution >= 0.6 is 23.1 Å². The average molecular weight is 662 g/mol. The van der Waals surface area contributed by atoms with Gasteiger partial charge >= 0.3 is 12.1 Å². The SMILES string of the molecule is C/C=C(/COC(=O)NC(C)CCC(Cc1ccccc1)NCC(NC(=O)N(C)Cc1csc(C(C)C)n1)C(C)C)SC.CCC. The summed E-state index contributed by atoms with van der Waals surface area (Å²) in [6.45, 7) is 18.1. The number of amides is 3. The lowest BCUT2D eigenvalue weighted by Gasteiger charge is -2.29. The Morgan fingerprint density at radius 2 is 1.73 bits per heavy atom. The van der Waals surface area contributed by atoms with Crippen LogP contribution in [0.3, 0.4) is 0 Å². The van der Waals surface area contributed by atoms with E-state index in [0.29, 0.717) is 19.0 Å². The third-order valence-electron chi connectivity index (χ3n) is 7.12. The van der Waals surface area contributed by atoms with E-state index >= 15 is 0 Å². The molecule has 45 heavy (non-hydrogen) atoms. The molecule has 0 spiro atoms. The van der Waals surface area contributed by atoms with Gasteiger partial charge in [-0.25, -0.2) is 14.6 Å². The normalized spacial score (nSPS) is 13.5. The molecular weight excluding hydrogens is 603 g/mol. The molecule has 3 amide bonds. The summed E-state index contributed by atoms with van der Waals surface area (Å²) in [4.78, 5) is 32.8. The Kier molecular flexibility index (Phi) is 20.6. The fraction of sp³-hybridized carbons (Fsp3) is 0.629. The van der Waals surface area contributed by atoms with Crippen LogP contribution in [-0.4, -0.2) is 66.6 Å². The third-order valence-corrected chi connectivity index (χ3v) is 9.19. The zero-order valence-corrected chi connectivity index (χ0v) is 30.9. The third kappa shape index (κ3) is 17.1. The van der Waals surface area contributed by atoms with Crippen molar-refractivity contribution in [2.45, 2.75) is 112 Å². The van der Waals surface area contributed by atoms with Crippen LogP contribution in [0.25, 0.3) is 0 Å². The second kappa shape index (κ2) is 22.9. The van der Waals surface area contributed by atoms with Gasteiger partial charge in [-0.05, 0) is 50.8 Å². The summed E-state index contributed by atoms with van der Waals surface area (Å²) in [5.41, 5.74) is 2.17. The largest absolute Gasteiger partial charge is 0.444 e. The summed E-state index contributed by atoms with van der Waals surface area (Å²) >= 11 is 3.22. The lowest BCUT2D eigenvalue weighted by atomic mass is 9.98. The Bertz CT molecular complexity index is 1120. The van der Waals surface area contributed by atoms with E-state index in [2.05, 4.69) is 86.7 Å². The maximum absolute atomic E-state index is 13.1. The molecule has 0 saturated heterocycles. The van der Waals surface area contributed by atoms with Crippen molar-refractivity contribution >= 4 is 35.2 Å². The maximum atomic E-state index is 13.1. The average Bonchev–Trinajstić information content (AvgIpc) is 3.47. The van der Waals surface area contributed by atoms with Gasteiger partial charge in [-0.15, -0.1) is 23.1 Å². The molecule has 1 heterocycles. The van der Waals surface area contributed by atoms with Crippen molar-refractivity contribution in [3.63, 3.8) is 0 Å². The highest BCUT2D eigenvalue weighted by atomic mass is 32.2. The van der Waals surface area contributed by atoms with E-state index < -0.39 is 6.09 Å². The molecule has 0 aliphatic heterocycles. The van der Waals surface area contributed by atoms with E-state index in [0.717, 1.165) is 34.9 Å². The predicted molar refractivity (Wildman–Crippen MR) is 193 cm³/mol. The minimum absolute atomic E-state index is 0.0305. The fourth-order valence-electron chi connectivity index (χ4n) is 4.33. The summed E-state index contributed by atoms with van der Waals surface area (Å²) in [7, 11) is 1.81. The van der Waals surface area contributed by atoms with Gasteiger partial charge in [0.15, 0.2) is 0 Å². The number of carbonyl (C=O) groups excluding carboxylic acids is 2. The van der Waals surface area contributed by atoms with E-state index in [9.17, 15) is 9.59 Å². The number of benzene rings is 1. The lowest BCUT2D eigenvalue weighted by molar-refractivity contribution is 0.153. The van der Waals surface area contributed by atoms with Crippen LogP contribution in [0.1, 0.15) is 96.8 Å². The molecule has 0 aliphatic rings. The highest BCUT2D eigenvalue weighted by molar-refractivity contribution is 8.02. The number of aromatic nitrogens is 1. The van der Waals surface area contributed by atoms with E-state index in [1.165, 1.54) is 12.0 Å². The molecule has 0 aliphatic carbocycles. The van der Waals surface area contributed by atoms with Gasteiger partial charge in [0.25, 0.3) is 0 Å². The van der Waals surface area contributed by atoms with E-state index in [-0.39, 0.29) is 36.7 Å². The molecule has 10 heteroatoms. The molecular formula is C35H59N5O3S2. The summed E-state index contributed by atoms with van der Waals surface area (Å²) in [5, 5.41) is 13.0. The second-order valence-electron chi connectivity index (χ2n) is 12.1. The van der Waals surface area contributed by atoms with Crippen LogP contribution < -0.4 is 16.0 Å². The van der Waals surface area contributed by atoms with Gasteiger partial charge in [0.05, 0.1) is 17.2 Å². The predicted octanol–water partition coefficient (Wildman–Crippen LogP) is 8.21. The van der Waals surface area contributed by atoms with Gasteiger partial charge in [-0.1, -0.05) is 84.4 Å². The molecule has 254 valence electrons. The van der Waals surface area contributed by atoms with Crippen molar-refractivity contribution in [3.8, 4) is 0 Å². The fourth-order valence-corrected chi connectivity index (χ4v) is 5.57. The topological polar surface area (TPSA) is 95.6 Å². The minimum Gasteiger partial charge on any atom is -0.444 e. The Labute approximate surface area is 281 Å². The van der Waals surface area contributed by atoms with Crippen molar-refractivity contribution in [1.82, 2.24) is 25.8 Å². The van der Waals surface area contributed by atoms with Crippen molar-refractivity contribution < 1.29 is 14.3 Å². The summed E-state index contributed by atoms with van der Waals surface area (Å²) in [5.74, 6) is 0.629. The first-order valence-corrected chi connectivity index (χ1v) is 18.4. The number of rotatable bonds is 17. The number of carbonyl (C=O) groups is 2. The molecule has 0 bridgehead atoms. The first-order valence-electron chi connectivity index (χ1n) is 16.3. The highest BCUT2D eigenvalue weighted by Gasteiger charge is 2.22. The number of ether oxygens (including phenoxy) is 1. The van der Waals surface area contributed by atoms with Crippen LogP contribution in [0.15, 0.2) is 46.7 Å². The number of thioether (sulfide) groups is 1. The molecule has 1 aromatic heterocycles. The molecule has 0 radical (unpaired) electrons. The Hall–Kier alpha value is -2.56. The zero-order valence-electron chi connectivity index (χ0n) is 29.3. The summed E-state index contributed by atoms with van der Waals surface area (Å²) < 4.78 is 5.37. The van der Waals surface area contributed by atoms with Crippen molar-refractivity contribution in [2.75, 3.05) is 26.5 Å². The molecule has 0 saturated carbocycles. The molecule has 3 N–H and O–H groups in total. The Balaban J connectivity index is 0.00000324. The van der Waals surface area contributed by atoms with E-state index in [1.807, 2.05) is 44.7 Å². The smallest absolute Gasteiger partial charge is 0.407 e. The highest BCUT2D eigenvalue weighted by Crippen LogP contribution is 2.20. The number of nitrogens with one attached hydrogen (secondary N) is 3. The monoisotopic (exact) mass is 661 g/mol. The maximum Gasteiger partial charge on any atom is 0.407 e. The molecule has 0 fully saturated rings. The van der Waals surface area contributed by atoms with E-state index in [4.69, 9.17) is 4.74 Å². The molecule has 2 aromatic rings. The summed E-state index contributed by atoms with van der Waals surface area (Å²) in [6, 6.07) is 10.4. The molecule has 2 rings (SSSR count). The van der Waals surface area contributed by atoms with Crippen LogP contribution in [0.2, 0.25) is 0 Å². The lowest BCUT2D eigenvalue weighted by Crippen LogP contribution is -2.51. The van der Waals surface area contributed by atoms with E-state index in [1.54, 1.807) is 28.0 Å². The molecule has 3 unspecified atom stereocenters. The van der Waals surface area contributed by atoms with Crippen LogP contribution in [0.5, 0.6) is 0 Å². The number of nitrogens with zero attached hydrogens (tertiary/aromatic N) is 2. The number of hydrogen-bond acceptors (Lipinski definition) is 7. The van der Waals surface area contributed by atoms with Crippen LogP contribution in [-0.2, 0) is 17.7 Å². The van der Waals surface area contributed by atoms with Crippen LogP contribution in [0.4, 0.5) is 9.59 Å². The first-order chi connectivity index (χ1) is 21.4. The first kappa shape index (κ1) is 40.5.